The van der Waals surface area contributed by atoms with Crippen LogP contribution in [0.3, 0.4) is 0 Å². The number of nitrogens with zero attached hydrogens (tertiary/aromatic N) is 2. The van der Waals surface area contributed by atoms with Crippen LogP contribution in [0.15, 0.2) is 22.7 Å². The number of aryl methyl sites for hydroxylation is 2. The lowest BCUT2D eigenvalue weighted by molar-refractivity contribution is -0.134. The highest BCUT2D eigenvalue weighted by Gasteiger charge is 2.31. The Morgan fingerprint density at radius 3 is 3.13 bits per heavy atom. The molecule has 6 nitrogen and oxygen atoms in total. The Balaban J connectivity index is 1.78. The van der Waals surface area contributed by atoms with Gasteiger partial charge in [0.2, 0.25) is 5.91 Å². The highest BCUT2D eigenvalue weighted by molar-refractivity contribution is 5.84. The molecule has 0 radical (unpaired) electrons. The predicted octanol–water partition coefficient (Wildman–Crippen LogP) is 2.41. The number of ether oxygens (including phenoxy) is 1. The smallest absolute Gasteiger partial charge is 0.230 e. The molecule has 0 saturated carbocycles. The molecule has 0 saturated heterocycles. The first kappa shape index (κ1) is 15.8. The molecule has 124 valence electrons. The van der Waals surface area contributed by atoms with Crippen molar-refractivity contribution in [2.45, 2.75) is 38.6 Å². The minimum atomic E-state index is -0.120. The van der Waals surface area contributed by atoms with Crippen LogP contribution >= 0.6 is 0 Å². The van der Waals surface area contributed by atoms with Crippen LogP contribution in [0.2, 0.25) is 0 Å². The van der Waals surface area contributed by atoms with Crippen molar-refractivity contribution < 1.29 is 13.9 Å². The molecule has 23 heavy (non-hydrogen) atoms. The fourth-order valence-electron chi connectivity index (χ4n) is 3.16. The van der Waals surface area contributed by atoms with Crippen LogP contribution in [0.1, 0.15) is 41.5 Å². The van der Waals surface area contributed by atoms with Gasteiger partial charge in [-0.05, 0) is 38.3 Å². The number of amides is 1. The zero-order chi connectivity index (χ0) is 16.2. The van der Waals surface area contributed by atoms with E-state index < -0.39 is 0 Å². The molecule has 0 bridgehead atoms. The summed E-state index contributed by atoms with van der Waals surface area (Å²) >= 11 is 0. The molecule has 0 aliphatic heterocycles. The van der Waals surface area contributed by atoms with Gasteiger partial charge in [0.15, 0.2) is 0 Å². The van der Waals surface area contributed by atoms with Gasteiger partial charge in [-0.15, -0.1) is 0 Å². The van der Waals surface area contributed by atoms with Gasteiger partial charge in [-0.1, -0.05) is 0 Å². The van der Waals surface area contributed by atoms with Crippen LogP contribution in [0.4, 0.5) is 0 Å². The van der Waals surface area contributed by atoms with Crippen molar-refractivity contribution in [2.75, 3.05) is 20.3 Å². The lowest BCUT2D eigenvalue weighted by Crippen LogP contribution is -2.37. The highest BCUT2D eigenvalue weighted by atomic mass is 16.5. The van der Waals surface area contributed by atoms with E-state index in [4.69, 9.17) is 9.15 Å². The lowest BCUT2D eigenvalue weighted by Gasteiger charge is -2.28. The second-order valence-corrected chi connectivity index (χ2v) is 6.01. The van der Waals surface area contributed by atoms with Gasteiger partial charge < -0.3 is 14.1 Å². The first-order chi connectivity index (χ1) is 11.2. The van der Waals surface area contributed by atoms with E-state index in [9.17, 15) is 4.79 Å². The summed E-state index contributed by atoms with van der Waals surface area (Å²) in [5.41, 5.74) is 2.13. The third-order valence-corrected chi connectivity index (χ3v) is 4.36. The van der Waals surface area contributed by atoms with Crippen molar-refractivity contribution in [1.29, 1.82) is 0 Å². The molecule has 0 aromatic carbocycles. The fraction of sp³-hybridized carbons (Fsp3) is 0.529. The number of carbonyl (C=O) groups excluding carboxylic acids is 1. The Bertz CT molecular complexity index is 662. The topological polar surface area (TPSA) is 71.4 Å². The van der Waals surface area contributed by atoms with Crippen LogP contribution < -0.4 is 0 Å². The number of hydrogen-bond acceptors (Lipinski definition) is 4. The summed E-state index contributed by atoms with van der Waals surface area (Å²) in [5.74, 6) is 1.66. The first-order valence-corrected chi connectivity index (χ1v) is 8.04. The van der Waals surface area contributed by atoms with Crippen molar-refractivity contribution in [1.82, 2.24) is 15.1 Å². The normalized spacial score (nSPS) is 17.0. The molecule has 1 atom stereocenters. The molecule has 1 aliphatic carbocycles. The van der Waals surface area contributed by atoms with E-state index in [1.54, 1.807) is 13.3 Å². The van der Waals surface area contributed by atoms with Crippen LogP contribution in [0, 0.1) is 6.92 Å². The Labute approximate surface area is 135 Å². The first-order valence-electron chi connectivity index (χ1n) is 8.04. The van der Waals surface area contributed by atoms with E-state index in [1.165, 1.54) is 0 Å². The van der Waals surface area contributed by atoms with Crippen LogP contribution in [-0.4, -0.2) is 41.3 Å². The number of nitrogens with one attached hydrogen (secondary N) is 1. The number of carbonyl (C=O) groups is 1. The maximum absolute atomic E-state index is 13.1. The highest BCUT2D eigenvalue weighted by Crippen LogP contribution is 2.32. The second-order valence-electron chi connectivity index (χ2n) is 6.01. The number of fused-ring (bicyclic) bond motifs is 1. The molecule has 6 heteroatoms. The SMILES string of the molecule is COCCN(Cc1ccc(C)o1)C(=O)C1CCCc2[nH]ncc21. The van der Waals surface area contributed by atoms with E-state index in [2.05, 4.69) is 10.2 Å². The second kappa shape index (κ2) is 7.00. The number of hydrogen-bond donors (Lipinski definition) is 1. The molecule has 2 aromatic rings. The Morgan fingerprint density at radius 1 is 1.52 bits per heavy atom. The minimum absolute atomic E-state index is 0.120. The summed E-state index contributed by atoms with van der Waals surface area (Å²) < 4.78 is 10.8. The minimum Gasteiger partial charge on any atom is -0.464 e. The zero-order valence-electron chi connectivity index (χ0n) is 13.7. The molecule has 1 aliphatic rings. The van der Waals surface area contributed by atoms with E-state index >= 15 is 0 Å². The van der Waals surface area contributed by atoms with Gasteiger partial charge >= 0.3 is 0 Å². The monoisotopic (exact) mass is 317 g/mol. The van der Waals surface area contributed by atoms with Gasteiger partial charge in [0.05, 0.1) is 25.3 Å². The molecule has 1 amide bonds. The van der Waals surface area contributed by atoms with Gasteiger partial charge in [-0.2, -0.15) is 5.10 Å². The molecule has 0 spiro atoms. The Hall–Kier alpha value is -2.08. The Morgan fingerprint density at radius 2 is 2.39 bits per heavy atom. The third kappa shape index (κ3) is 3.47. The number of aromatic amines is 1. The standard InChI is InChI=1S/C17H23N3O3/c1-12-6-7-13(23-12)11-20(8-9-22-2)17(21)14-4-3-5-16-15(14)10-18-19-16/h6-7,10,14H,3-5,8-9,11H2,1-2H3,(H,18,19). The largest absolute Gasteiger partial charge is 0.464 e. The zero-order valence-corrected chi connectivity index (χ0v) is 13.7. The summed E-state index contributed by atoms with van der Waals surface area (Å²) in [4.78, 5) is 14.9. The molecule has 2 heterocycles. The average molecular weight is 317 g/mol. The predicted molar refractivity (Wildman–Crippen MR) is 85.0 cm³/mol. The number of rotatable bonds is 6. The van der Waals surface area contributed by atoms with Gasteiger partial charge in [0.1, 0.15) is 11.5 Å². The third-order valence-electron chi connectivity index (χ3n) is 4.36. The fourth-order valence-corrected chi connectivity index (χ4v) is 3.16. The van der Waals surface area contributed by atoms with Gasteiger partial charge in [0.25, 0.3) is 0 Å². The maximum Gasteiger partial charge on any atom is 0.230 e. The van der Waals surface area contributed by atoms with Crippen LogP contribution in [-0.2, 0) is 22.5 Å². The summed E-state index contributed by atoms with van der Waals surface area (Å²) in [6.45, 7) is 3.44. The summed E-state index contributed by atoms with van der Waals surface area (Å²) in [7, 11) is 1.65. The number of furan rings is 1. The number of methoxy groups -OCH3 is 1. The van der Waals surface area contributed by atoms with Gasteiger partial charge in [0, 0.05) is 24.9 Å². The summed E-state index contributed by atoms with van der Waals surface area (Å²) in [5, 5.41) is 7.12. The molecule has 3 rings (SSSR count). The molecule has 0 fully saturated rings. The van der Waals surface area contributed by atoms with Crippen molar-refractivity contribution >= 4 is 5.91 Å². The van der Waals surface area contributed by atoms with Crippen molar-refractivity contribution in [3.63, 3.8) is 0 Å². The van der Waals surface area contributed by atoms with E-state index in [0.29, 0.717) is 19.7 Å². The van der Waals surface area contributed by atoms with E-state index in [1.807, 2.05) is 24.0 Å². The van der Waals surface area contributed by atoms with Crippen LogP contribution in [0.5, 0.6) is 0 Å². The van der Waals surface area contributed by atoms with Crippen molar-refractivity contribution in [3.05, 3.63) is 41.1 Å². The average Bonchev–Trinajstić information content (AvgIpc) is 3.19. The molecule has 1 unspecified atom stereocenters. The van der Waals surface area contributed by atoms with Crippen molar-refractivity contribution in [2.24, 2.45) is 0 Å². The molecule has 2 aromatic heterocycles. The molecule has 1 N–H and O–H groups in total. The lowest BCUT2D eigenvalue weighted by atomic mass is 9.86. The van der Waals surface area contributed by atoms with Crippen LogP contribution in [0.25, 0.3) is 0 Å². The molecular weight excluding hydrogens is 294 g/mol. The van der Waals surface area contributed by atoms with Crippen molar-refractivity contribution in [3.8, 4) is 0 Å². The Kier molecular flexibility index (Phi) is 4.81. The van der Waals surface area contributed by atoms with E-state index in [0.717, 1.165) is 42.0 Å². The van der Waals surface area contributed by atoms with Gasteiger partial charge in [-0.3, -0.25) is 9.89 Å². The molecular formula is C17H23N3O3. The number of H-pyrrole nitrogens is 1. The quantitative estimate of drug-likeness (QED) is 0.888. The summed E-state index contributed by atoms with van der Waals surface area (Å²) in [6.07, 6.45) is 4.63. The van der Waals surface area contributed by atoms with Gasteiger partial charge in [-0.25, -0.2) is 0 Å². The maximum atomic E-state index is 13.1. The summed E-state index contributed by atoms with van der Waals surface area (Å²) in [6, 6.07) is 3.84. The van der Waals surface area contributed by atoms with E-state index in [-0.39, 0.29) is 11.8 Å². The number of aromatic nitrogens is 2.